The molecule has 7 nitrogen and oxygen atoms in total. The molecule has 0 aliphatic heterocycles. The van der Waals surface area contributed by atoms with Gasteiger partial charge < -0.3 is 5.32 Å². The lowest BCUT2D eigenvalue weighted by molar-refractivity contribution is 0.684. The molecule has 98 valence electrons. The van der Waals surface area contributed by atoms with E-state index in [1.165, 1.54) is 19.3 Å². The van der Waals surface area contributed by atoms with Gasteiger partial charge in [-0.3, -0.25) is 10.5 Å². The first-order chi connectivity index (χ1) is 8.85. The molecule has 0 unspecified atom stereocenters. The second kappa shape index (κ2) is 6.15. The molecule has 0 amide bonds. The summed E-state index contributed by atoms with van der Waals surface area (Å²) in [5, 5.41) is 10.9. The number of nitrogen functional groups attached to an aromatic ring is 1. The minimum Gasteiger partial charge on any atom is -0.369 e. The van der Waals surface area contributed by atoms with Crippen molar-refractivity contribution in [3.8, 4) is 0 Å². The first-order valence-corrected chi connectivity index (χ1v) is 6.26. The largest absolute Gasteiger partial charge is 0.369 e. The van der Waals surface area contributed by atoms with E-state index in [0.29, 0.717) is 11.6 Å². The summed E-state index contributed by atoms with van der Waals surface area (Å²) in [6.07, 6.45) is 6.57. The van der Waals surface area contributed by atoms with Gasteiger partial charge in [0.05, 0.1) is 11.6 Å². The van der Waals surface area contributed by atoms with Crippen molar-refractivity contribution in [1.29, 1.82) is 0 Å². The molecule has 0 spiro atoms. The molecule has 0 atom stereocenters. The summed E-state index contributed by atoms with van der Waals surface area (Å²) in [7, 11) is 0. The summed E-state index contributed by atoms with van der Waals surface area (Å²) in [6, 6.07) is 0. The number of hydrogen-bond donors (Lipinski definition) is 4. The van der Waals surface area contributed by atoms with Crippen LogP contribution >= 0.6 is 0 Å². The van der Waals surface area contributed by atoms with Crippen molar-refractivity contribution in [3.05, 3.63) is 6.20 Å². The lowest BCUT2D eigenvalue weighted by Crippen LogP contribution is -2.12. The van der Waals surface area contributed by atoms with E-state index in [4.69, 9.17) is 5.84 Å². The van der Waals surface area contributed by atoms with Crippen molar-refractivity contribution in [2.75, 3.05) is 17.3 Å². The molecule has 2 rings (SSSR count). The molecular formula is C11H19N7. The fraction of sp³-hybridized carbons (Fsp3) is 0.545. The minimum atomic E-state index is 0.378. The molecular weight excluding hydrogens is 230 g/mol. The number of aromatic amines is 1. The average Bonchev–Trinajstić information content (AvgIpc) is 2.86. The highest BCUT2D eigenvalue weighted by Crippen LogP contribution is 2.19. The van der Waals surface area contributed by atoms with Crippen LogP contribution in [0.5, 0.6) is 0 Å². The first-order valence-electron chi connectivity index (χ1n) is 6.26. The van der Waals surface area contributed by atoms with Gasteiger partial charge in [0.25, 0.3) is 0 Å². The molecule has 18 heavy (non-hydrogen) atoms. The predicted molar refractivity (Wildman–Crippen MR) is 72.1 cm³/mol. The van der Waals surface area contributed by atoms with Crippen LogP contribution in [0.1, 0.15) is 32.6 Å². The number of anilines is 2. The minimum absolute atomic E-state index is 0.378. The zero-order chi connectivity index (χ0) is 12.8. The van der Waals surface area contributed by atoms with E-state index >= 15 is 0 Å². The predicted octanol–water partition coefficient (Wildman–Crippen LogP) is 1.63. The molecule has 7 heteroatoms. The number of nitrogens with one attached hydrogen (secondary N) is 3. The lowest BCUT2D eigenvalue weighted by atomic mass is 10.2. The van der Waals surface area contributed by atoms with E-state index in [9.17, 15) is 0 Å². The van der Waals surface area contributed by atoms with Crippen molar-refractivity contribution in [1.82, 2.24) is 20.2 Å². The summed E-state index contributed by atoms with van der Waals surface area (Å²) in [5.41, 5.74) is 3.13. The smallest absolute Gasteiger partial charge is 0.241 e. The number of hydrogen-bond acceptors (Lipinski definition) is 6. The molecule has 0 fully saturated rings. The van der Waals surface area contributed by atoms with Gasteiger partial charge >= 0.3 is 0 Å². The van der Waals surface area contributed by atoms with E-state index in [-0.39, 0.29) is 0 Å². The Bertz CT molecular complexity index is 493. The summed E-state index contributed by atoms with van der Waals surface area (Å²) < 4.78 is 0. The number of H-pyrrole nitrogens is 1. The Morgan fingerprint density at radius 2 is 2.17 bits per heavy atom. The Balaban J connectivity index is 2.04. The monoisotopic (exact) mass is 249 g/mol. The topological polar surface area (TPSA) is 105 Å². The van der Waals surface area contributed by atoms with Gasteiger partial charge in [-0.1, -0.05) is 26.2 Å². The van der Waals surface area contributed by atoms with Gasteiger partial charge in [-0.25, -0.2) is 5.84 Å². The molecule has 5 N–H and O–H groups in total. The highest BCUT2D eigenvalue weighted by atomic mass is 15.3. The van der Waals surface area contributed by atoms with Crippen molar-refractivity contribution >= 4 is 22.8 Å². The highest BCUT2D eigenvalue weighted by molar-refractivity contribution is 5.86. The molecule has 0 saturated heterocycles. The normalized spacial score (nSPS) is 10.8. The first kappa shape index (κ1) is 12.6. The fourth-order valence-corrected chi connectivity index (χ4v) is 1.79. The fourth-order valence-electron chi connectivity index (χ4n) is 1.79. The van der Waals surface area contributed by atoms with Crippen LogP contribution in [-0.4, -0.2) is 26.7 Å². The third-order valence-electron chi connectivity index (χ3n) is 2.76. The number of aromatic nitrogens is 4. The lowest BCUT2D eigenvalue weighted by Gasteiger charge is -2.07. The van der Waals surface area contributed by atoms with Gasteiger partial charge in [0.2, 0.25) is 5.95 Å². The zero-order valence-electron chi connectivity index (χ0n) is 10.5. The summed E-state index contributed by atoms with van der Waals surface area (Å²) >= 11 is 0. The van der Waals surface area contributed by atoms with Crippen molar-refractivity contribution < 1.29 is 0 Å². The Morgan fingerprint density at radius 3 is 2.94 bits per heavy atom. The summed E-state index contributed by atoms with van der Waals surface area (Å²) in [4.78, 5) is 8.46. The van der Waals surface area contributed by atoms with Crippen LogP contribution < -0.4 is 16.6 Å². The molecule has 2 aromatic rings. The number of rotatable bonds is 7. The number of unbranched alkanes of at least 4 members (excludes halogenated alkanes) is 3. The van der Waals surface area contributed by atoms with E-state index in [1.54, 1.807) is 6.20 Å². The van der Waals surface area contributed by atoms with Crippen LogP contribution in [0.3, 0.4) is 0 Å². The highest BCUT2D eigenvalue weighted by Gasteiger charge is 2.08. The molecule has 0 aliphatic rings. The third-order valence-corrected chi connectivity index (χ3v) is 2.76. The summed E-state index contributed by atoms with van der Waals surface area (Å²) in [5.74, 6) is 6.48. The quantitative estimate of drug-likeness (QED) is 0.338. The standard InChI is InChI=1S/C11H19N7/c1-2-3-4-5-6-13-9-8-7-14-18-10(8)16-11(15-9)17-12/h7H,2-6,12H2,1H3,(H3,13,14,15,16,17,18). The van der Waals surface area contributed by atoms with Crippen LogP contribution in [0.15, 0.2) is 6.20 Å². The van der Waals surface area contributed by atoms with Crippen molar-refractivity contribution in [3.63, 3.8) is 0 Å². The van der Waals surface area contributed by atoms with E-state index < -0.39 is 0 Å². The second-order valence-electron chi connectivity index (χ2n) is 4.16. The van der Waals surface area contributed by atoms with Gasteiger partial charge in [-0.15, -0.1) is 0 Å². The van der Waals surface area contributed by atoms with Crippen LogP contribution in [0.25, 0.3) is 11.0 Å². The molecule has 2 heterocycles. The van der Waals surface area contributed by atoms with E-state index in [1.807, 2.05) is 0 Å². The molecule has 2 aromatic heterocycles. The molecule has 0 radical (unpaired) electrons. The van der Waals surface area contributed by atoms with Gasteiger partial charge in [0, 0.05) is 6.54 Å². The maximum Gasteiger partial charge on any atom is 0.241 e. The van der Waals surface area contributed by atoms with Crippen LogP contribution in [-0.2, 0) is 0 Å². The molecule has 0 saturated carbocycles. The van der Waals surface area contributed by atoms with Crippen LogP contribution in [0.2, 0.25) is 0 Å². The maximum atomic E-state index is 5.34. The number of nitrogens with two attached hydrogens (primary N) is 1. The van der Waals surface area contributed by atoms with Gasteiger partial charge in [0.15, 0.2) is 5.65 Å². The van der Waals surface area contributed by atoms with Gasteiger partial charge in [0.1, 0.15) is 5.82 Å². The number of fused-ring (bicyclic) bond motifs is 1. The Hall–Kier alpha value is -1.89. The van der Waals surface area contributed by atoms with E-state index in [2.05, 4.69) is 37.8 Å². The molecule has 0 bridgehead atoms. The van der Waals surface area contributed by atoms with Gasteiger partial charge in [-0.2, -0.15) is 15.1 Å². The molecule has 0 aromatic carbocycles. The van der Waals surface area contributed by atoms with Crippen LogP contribution in [0.4, 0.5) is 11.8 Å². The molecule has 0 aliphatic carbocycles. The van der Waals surface area contributed by atoms with Crippen LogP contribution in [0, 0.1) is 0 Å². The van der Waals surface area contributed by atoms with Crippen molar-refractivity contribution in [2.45, 2.75) is 32.6 Å². The third kappa shape index (κ3) is 2.86. The zero-order valence-corrected chi connectivity index (χ0v) is 10.5. The second-order valence-corrected chi connectivity index (χ2v) is 4.16. The van der Waals surface area contributed by atoms with Crippen molar-refractivity contribution in [2.24, 2.45) is 5.84 Å². The SMILES string of the molecule is CCCCCCNc1nc(NN)nc2[nH]ncc12. The Morgan fingerprint density at radius 1 is 1.28 bits per heavy atom. The number of hydrazine groups is 1. The number of nitrogens with zero attached hydrogens (tertiary/aromatic N) is 3. The van der Waals surface area contributed by atoms with E-state index in [0.717, 1.165) is 24.2 Å². The average molecular weight is 249 g/mol. The Labute approximate surface area is 106 Å². The summed E-state index contributed by atoms with van der Waals surface area (Å²) in [6.45, 7) is 3.09. The Kier molecular flexibility index (Phi) is 4.30. The van der Waals surface area contributed by atoms with Gasteiger partial charge in [-0.05, 0) is 6.42 Å². The maximum absolute atomic E-state index is 5.34.